The lowest BCUT2D eigenvalue weighted by Crippen LogP contribution is -2.30. The third-order valence-electron chi connectivity index (χ3n) is 5.68. The molecular formula is C26H23F2N4O3S. The number of methoxy groups -OCH3 is 1. The van der Waals surface area contributed by atoms with Crippen LogP contribution in [0, 0.1) is 18.6 Å². The number of rotatable bonds is 8. The number of nitrogens with zero attached hydrogens (tertiary/aromatic N) is 2. The van der Waals surface area contributed by atoms with E-state index in [-0.39, 0.29) is 23.6 Å². The van der Waals surface area contributed by atoms with Crippen LogP contribution < -0.4 is 15.4 Å². The van der Waals surface area contributed by atoms with E-state index < -0.39 is 17.7 Å². The second-order valence-corrected chi connectivity index (χ2v) is 9.51. The number of fused-ring (bicyclic) bond motifs is 1. The highest BCUT2D eigenvalue weighted by molar-refractivity contribution is 7.22. The third-order valence-corrected chi connectivity index (χ3v) is 6.84. The minimum Gasteiger partial charge on any atom is -0.453 e. The van der Waals surface area contributed by atoms with Crippen molar-refractivity contribution in [3.8, 4) is 22.1 Å². The zero-order chi connectivity index (χ0) is 25.2. The molecule has 1 radical (unpaired) electrons. The number of ether oxygens (including phenoxy) is 2. The van der Waals surface area contributed by atoms with Crippen LogP contribution in [0.1, 0.15) is 18.4 Å². The van der Waals surface area contributed by atoms with E-state index in [4.69, 9.17) is 9.47 Å². The number of urea groups is 1. The first-order chi connectivity index (χ1) is 17.4. The molecule has 2 N–H and O–H groups in total. The number of hydrogen-bond acceptors (Lipinski definition) is 6. The third kappa shape index (κ3) is 5.29. The summed E-state index contributed by atoms with van der Waals surface area (Å²) in [6.45, 7) is 3.91. The first kappa shape index (κ1) is 24.1. The van der Waals surface area contributed by atoms with Gasteiger partial charge in [-0.1, -0.05) is 6.07 Å². The van der Waals surface area contributed by atoms with Gasteiger partial charge in [-0.05, 0) is 49.6 Å². The molecule has 3 heterocycles. The van der Waals surface area contributed by atoms with Crippen molar-refractivity contribution in [2.24, 2.45) is 0 Å². The van der Waals surface area contributed by atoms with Gasteiger partial charge in [0.05, 0.1) is 32.6 Å². The molecule has 7 nitrogen and oxygen atoms in total. The van der Waals surface area contributed by atoms with Crippen LogP contribution in [0.4, 0.5) is 19.3 Å². The van der Waals surface area contributed by atoms with E-state index >= 15 is 0 Å². The van der Waals surface area contributed by atoms with Crippen LogP contribution in [0.2, 0.25) is 0 Å². The molecule has 1 aliphatic carbocycles. The van der Waals surface area contributed by atoms with Gasteiger partial charge in [0, 0.05) is 38.0 Å². The van der Waals surface area contributed by atoms with Gasteiger partial charge in [0.25, 0.3) is 0 Å². The molecule has 4 aromatic rings. The van der Waals surface area contributed by atoms with E-state index in [2.05, 4.69) is 27.5 Å². The molecule has 1 unspecified atom stereocenters. The molecule has 5 rings (SSSR count). The summed E-state index contributed by atoms with van der Waals surface area (Å²) in [6.07, 6.45) is 5.58. The maximum atomic E-state index is 14.8. The molecule has 0 spiro atoms. The summed E-state index contributed by atoms with van der Waals surface area (Å²) in [4.78, 5) is 21.6. The number of amides is 2. The number of thiophene rings is 1. The van der Waals surface area contributed by atoms with Crippen molar-refractivity contribution in [3.63, 3.8) is 0 Å². The van der Waals surface area contributed by atoms with Crippen LogP contribution in [-0.4, -0.2) is 35.3 Å². The number of nitrogens with one attached hydrogen (secondary N) is 2. The van der Waals surface area contributed by atoms with Gasteiger partial charge in [0.1, 0.15) is 5.75 Å². The van der Waals surface area contributed by atoms with Crippen molar-refractivity contribution < 1.29 is 23.0 Å². The number of aromatic nitrogens is 2. The lowest BCUT2D eigenvalue weighted by atomic mass is 10.1. The minimum atomic E-state index is -1.20. The lowest BCUT2D eigenvalue weighted by Gasteiger charge is -2.11. The summed E-state index contributed by atoms with van der Waals surface area (Å²) in [5, 5.41) is 5.00. The summed E-state index contributed by atoms with van der Waals surface area (Å²) >= 11 is 1.39. The Hall–Kier alpha value is -3.63. The van der Waals surface area contributed by atoms with Gasteiger partial charge in [-0.25, -0.2) is 9.18 Å². The standard InChI is InChI=1S/C26H23F2N4O3S/c1-14(34-2)11-15-3-6-17(30-13-15)22-12-19-25(36-22)21(9-10-29-19)35-20-8-7-18(23(27)24(20)28)32-26(33)31-16-4-5-16/h3,6-10,12-14,16H,1,4-5,11H2,2H3,(H2,31,32,33). The molecule has 10 heteroatoms. The highest BCUT2D eigenvalue weighted by Crippen LogP contribution is 2.39. The number of benzene rings is 1. The molecule has 2 amide bonds. The Morgan fingerprint density at radius 2 is 2.00 bits per heavy atom. The van der Waals surface area contributed by atoms with Crippen LogP contribution in [0.3, 0.4) is 0 Å². The van der Waals surface area contributed by atoms with Gasteiger partial charge in [-0.3, -0.25) is 9.97 Å². The first-order valence-electron chi connectivity index (χ1n) is 11.3. The average molecular weight is 510 g/mol. The van der Waals surface area contributed by atoms with Crippen molar-refractivity contribution in [1.82, 2.24) is 15.3 Å². The molecular weight excluding hydrogens is 486 g/mol. The minimum absolute atomic E-state index is 0.0927. The van der Waals surface area contributed by atoms with Crippen molar-refractivity contribution in [2.75, 3.05) is 12.4 Å². The summed E-state index contributed by atoms with van der Waals surface area (Å²) < 4.78 is 41.0. The molecule has 0 bridgehead atoms. The maximum Gasteiger partial charge on any atom is 0.319 e. The van der Waals surface area contributed by atoms with E-state index in [0.29, 0.717) is 22.4 Å². The van der Waals surface area contributed by atoms with Crippen molar-refractivity contribution in [1.29, 1.82) is 0 Å². The molecule has 1 aliphatic rings. The summed E-state index contributed by atoms with van der Waals surface area (Å²) in [5.41, 5.74) is 2.14. The Morgan fingerprint density at radius 3 is 2.72 bits per heavy atom. The summed E-state index contributed by atoms with van der Waals surface area (Å²) in [5.74, 6) is -2.36. The number of hydrogen-bond donors (Lipinski definition) is 2. The van der Waals surface area contributed by atoms with E-state index in [9.17, 15) is 13.6 Å². The second kappa shape index (κ2) is 10.2. The molecule has 1 fully saturated rings. The number of anilines is 1. The molecule has 185 valence electrons. The predicted octanol–water partition coefficient (Wildman–Crippen LogP) is 6.10. The maximum absolute atomic E-state index is 14.8. The smallest absolute Gasteiger partial charge is 0.319 e. The number of pyridine rings is 2. The van der Waals surface area contributed by atoms with E-state index in [0.717, 1.165) is 29.0 Å². The molecule has 1 saturated carbocycles. The van der Waals surface area contributed by atoms with Gasteiger partial charge in [0.15, 0.2) is 11.6 Å². The second-order valence-electron chi connectivity index (χ2n) is 8.46. The van der Waals surface area contributed by atoms with E-state index in [1.165, 1.54) is 29.7 Å². The Labute approximate surface area is 210 Å². The van der Waals surface area contributed by atoms with Crippen molar-refractivity contribution in [2.45, 2.75) is 31.4 Å². The Morgan fingerprint density at radius 1 is 1.17 bits per heavy atom. The molecule has 0 saturated heterocycles. The monoisotopic (exact) mass is 509 g/mol. The topological polar surface area (TPSA) is 85.4 Å². The first-order valence-corrected chi connectivity index (χ1v) is 12.2. The zero-order valence-corrected chi connectivity index (χ0v) is 20.2. The predicted molar refractivity (Wildman–Crippen MR) is 134 cm³/mol. The van der Waals surface area contributed by atoms with Crippen molar-refractivity contribution in [3.05, 3.63) is 72.9 Å². The van der Waals surface area contributed by atoms with Gasteiger partial charge < -0.3 is 20.1 Å². The van der Waals surface area contributed by atoms with Crippen LogP contribution in [0.25, 0.3) is 20.8 Å². The average Bonchev–Trinajstić information content (AvgIpc) is 3.57. The van der Waals surface area contributed by atoms with Crippen LogP contribution in [0.5, 0.6) is 11.5 Å². The molecule has 1 atom stereocenters. The summed E-state index contributed by atoms with van der Waals surface area (Å²) in [7, 11) is 1.61. The van der Waals surface area contributed by atoms with Gasteiger partial charge in [-0.15, -0.1) is 11.3 Å². The Bertz CT molecular complexity index is 1410. The van der Waals surface area contributed by atoms with Crippen LogP contribution in [-0.2, 0) is 11.2 Å². The van der Waals surface area contributed by atoms with E-state index in [1.807, 2.05) is 18.2 Å². The highest BCUT2D eigenvalue weighted by Gasteiger charge is 2.24. The fraction of sp³-hybridized carbons (Fsp3) is 0.231. The van der Waals surface area contributed by atoms with Crippen LogP contribution in [0.15, 0.2) is 48.8 Å². The summed E-state index contributed by atoms with van der Waals surface area (Å²) in [6, 6.07) is 9.40. The van der Waals surface area contributed by atoms with Gasteiger partial charge >= 0.3 is 6.03 Å². The number of halogens is 2. The molecule has 36 heavy (non-hydrogen) atoms. The van der Waals surface area contributed by atoms with Gasteiger partial charge in [0.2, 0.25) is 5.82 Å². The van der Waals surface area contributed by atoms with Crippen molar-refractivity contribution >= 4 is 33.3 Å². The normalized spacial score (nSPS) is 14.0. The fourth-order valence-corrected chi connectivity index (χ4v) is 4.60. The van der Waals surface area contributed by atoms with Crippen LogP contribution >= 0.6 is 11.3 Å². The van der Waals surface area contributed by atoms with E-state index in [1.54, 1.807) is 19.4 Å². The zero-order valence-electron chi connectivity index (χ0n) is 19.4. The quantitative estimate of drug-likeness (QED) is 0.300. The fourth-order valence-electron chi connectivity index (χ4n) is 3.56. The Kier molecular flexibility index (Phi) is 6.80. The highest BCUT2D eigenvalue weighted by atomic mass is 32.1. The largest absolute Gasteiger partial charge is 0.453 e. The Balaban J connectivity index is 1.36. The lowest BCUT2D eigenvalue weighted by molar-refractivity contribution is 0.139. The molecule has 0 aliphatic heterocycles. The SMILES string of the molecule is [CH2]C(Cc1ccc(-c2cc3nccc(Oc4ccc(NC(=O)NC5CC5)c(F)c4F)c3s2)nc1)OC. The van der Waals surface area contributed by atoms with Gasteiger partial charge in [-0.2, -0.15) is 4.39 Å². The number of carbonyl (C=O) groups is 1. The number of carbonyl (C=O) groups excluding carboxylic acids is 1. The molecule has 3 aromatic heterocycles. The molecule has 1 aromatic carbocycles.